The smallest absolute Gasteiger partial charge is 0.210 e. The lowest BCUT2D eigenvalue weighted by Crippen LogP contribution is -1.93. The molecule has 27 heavy (non-hydrogen) atoms. The lowest BCUT2D eigenvalue weighted by atomic mass is 10.2. The van der Waals surface area contributed by atoms with Gasteiger partial charge in [0.25, 0.3) is 0 Å². The third kappa shape index (κ3) is 4.47. The molecule has 0 bridgehead atoms. The number of nitrogens with one attached hydrogen (secondary N) is 1. The molecule has 2 heterocycles. The van der Waals surface area contributed by atoms with Gasteiger partial charge in [-0.25, -0.2) is 4.98 Å². The van der Waals surface area contributed by atoms with Gasteiger partial charge in [-0.3, -0.25) is 0 Å². The summed E-state index contributed by atoms with van der Waals surface area (Å²) in [4.78, 5) is 5.74. The van der Waals surface area contributed by atoms with Crippen molar-refractivity contribution in [3.63, 3.8) is 0 Å². The summed E-state index contributed by atoms with van der Waals surface area (Å²) in [5, 5.41) is 13.5. The van der Waals surface area contributed by atoms with Crippen molar-refractivity contribution in [1.29, 1.82) is 0 Å². The van der Waals surface area contributed by atoms with Crippen LogP contribution in [0.4, 0.5) is 10.8 Å². The van der Waals surface area contributed by atoms with E-state index in [1.165, 1.54) is 16.2 Å². The summed E-state index contributed by atoms with van der Waals surface area (Å²) < 4.78 is 6.27. The molecule has 1 N–H and O–H groups in total. The molecule has 5 nitrogen and oxygen atoms in total. The Kier molecular flexibility index (Phi) is 5.66. The van der Waals surface area contributed by atoms with Crippen LogP contribution in [0, 0.1) is 0 Å². The second-order valence-electron chi connectivity index (χ2n) is 5.48. The van der Waals surface area contributed by atoms with E-state index in [0.29, 0.717) is 0 Å². The minimum absolute atomic E-state index is 0.747. The molecule has 0 amide bonds. The van der Waals surface area contributed by atoms with Gasteiger partial charge in [0.1, 0.15) is 10.8 Å². The van der Waals surface area contributed by atoms with Gasteiger partial charge in [-0.15, -0.1) is 21.5 Å². The van der Waals surface area contributed by atoms with Crippen molar-refractivity contribution in [2.45, 2.75) is 10.1 Å². The number of thioether (sulfide) groups is 1. The van der Waals surface area contributed by atoms with E-state index in [-0.39, 0.29) is 0 Å². The van der Waals surface area contributed by atoms with Crippen molar-refractivity contribution in [1.82, 2.24) is 15.2 Å². The van der Waals surface area contributed by atoms with Crippen molar-refractivity contribution in [2.24, 2.45) is 0 Å². The number of methoxy groups -OCH3 is 1. The third-order valence-electron chi connectivity index (χ3n) is 3.67. The fourth-order valence-corrected chi connectivity index (χ4v) is 5.11. The third-order valence-corrected chi connectivity index (χ3v) is 6.92. The zero-order valence-electron chi connectivity index (χ0n) is 14.5. The average molecular weight is 413 g/mol. The number of rotatable bonds is 7. The maximum atomic E-state index is 5.35. The van der Waals surface area contributed by atoms with Crippen LogP contribution in [0.2, 0.25) is 0 Å². The molecule has 0 aliphatic rings. The summed E-state index contributed by atoms with van der Waals surface area (Å²) in [6.45, 7) is 0. The highest BCUT2D eigenvalue weighted by molar-refractivity contribution is 8.00. The molecule has 0 aliphatic carbocycles. The van der Waals surface area contributed by atoms with Crippen LogP contribution in [0.5, 0.6) is 5.75 Å². The van der Waals surface area contributed by atoms with E-state index in [1.807, 2.05) is 48.7 Å². The van der Waals surface area contributed by atoms with Crippen molar-refractivity contribution in [3.05, 3.63) is 65.7 Å². The molecule has 2 aromatic carbocycles. The van der Waals surface area contributed by atoms with Gasteiger partial charge in [0, 0.05) is 22.4 Å². The first kappa shape index (κ1) is 18.0. The molecule has 0 saturated heterocycles. The minimum Gasteiger partial charge on any atom is -0.495 e. The van der Waals surface area contributed by atoms with Gasteiger partial charge < -0.3 is 10.1 Å². The van der Waals surface area contributed by atoms with E-state index in [1.54, 1.807) is 30.2 Å². The quantitative estimate of drug-likeness (QED) is 0.393. The number of nitrogens with zero attached hydrogens (tertiary/aromatic N) is 3. The number of hydrogen-bond donors (Lipinski definition) is 1. The fourth-order valence-electron chi connectivity index (χ4n) is 2.40. The molecule has 4 aromatic rings. The van der Waals surface area contributed by atoms with Crippen molar-refractivity contribution in [2.75, 3.05) is 12.4 Å². The standard InChI is InChI=1S/C19H16N4OS3/c1-24-16-10-6-5-9-15(16)21-18-22-23-19(27-18)25-12-14-11-20-17(26-14)13-7-3-2-4-8-13/h2-11H,12H2,1H3,(H,21,22). The van der Waals surface area contributed by atoms with Crippen LogP contribution in [0.15, 0.2) is 65.1 Å². The van der Waals surface area contributed by atoms with Crippen molar-refractivity contribution in [3.8, 4) is 16.3 Å². The maximum absolute atomic E-state index is 5.35. The molecule has 8 heteroatoms. The van der Waals surface area contributed by atoms with E-state index in [9.17, 15) is 0 Å². The number of thiazole rings is 1. The van der Waals surface area contributed by atoms with Crippen LogP contribution in [0.1, 0.15) is 4.88 Å². The van der Waals surface area contributed by atoms with Gasteiger partial charge in [0.05, 0.1) is 12.8 Å². The molecule has 4 rings (SSSR count). The number of ether oxygens (including phenoxy) is 1. The van der Waals surface area contributed by atoms with Crippen LogP contribution in [0.3, 0.4) is 0 Å². The monoisotopic (exact) mass is 412 g/mol. The first-order chi connectivity index (χ1) is 13.3. The summed E-state index contributed by atoms with van der Waals surface area (Å²) in [7, 11) is 1.65. The van der Waals surface area contributed by atoms with E-state index < -0.39 is 0 Å². The Labute approximate surface area is 169 Å². The lowest BCUT2D eigenvalue weighted by Gasteiger charge is -2.07. The van der Waals surface area contributed by atoms with Crippen LogP contribution in [-0.4, -0.2) is 22.3 Å². The highest BCUT2D eigenvalue weighted by atomic mass is 32.2. The number of hydrogen-bond acceptors (Lipinski definition) is 8. The summed E-state index contributed by atoms with van der Waals surface area (Å²) in [6.07, 6.45) is 1.94. The fraction of sp³-hybridized carbons (Fsp3) is 0.105. The summed E-state index contributed by atoms with van der Waals surface area (Å²) in [6, 6.07) is 18.0. The molecular weight excluding hydrogens is 396 g/mol. The number of benzene rings is 2. The van der Waals surface area contributed by atoms with E-state index >= 15 is 0 Å². The topological polar surface area (TPSA) is 59.9 Å². The van der Waals surface area contributed by atoms with E-state index in [4.69, 9.17) is 4.74 Å². The van der Waals surface area contributed by atoms with Gasteiger partial charge in [-0.05, 0) is 12.1 Å². The van der Waals surface area contributed by atoms with E-state index in [0.717, 1.165) is 37.2 Å². The SMILES string of the molecule is COc1ccccc1Nc1nnc(SCc2cnc(-c3ccccc3)s2)s1. The Morgan fingerprint density at radius 2 is 1.81 bits per heavy atom. The molecule has 0 spiro atoms. The minimum atomic E-state index is 0.747. The first-order valence-electron chi connectivity index (χ1n) is 8.18. The molecule has 2 aromatic heterocycles. The maximum Gasteiger partial charge on any atom is 0.210 e. The van der Waals surface area contributed by atoms with Gasteiger partial charge in [0.15, 0.2) is 4.34 Å². The zero-order valence-corrected chi connectivity index (χ0v) is 16.9. The van der Waals surface area contributed by atoms with Gasteiger partial charge >= 0.3 is 0 Å². The van der Waals surface area contributed by atoms with E-state index in [2.05, 4.69) is 32.6 Å². The summed E-state index contributed by atoms with van der Waals surface area (Å²) in [5.41, 5.74) is 2.03. The van der Waals surface area contributed by atoms with Crippen LogP contribution in [0.25, 0.3) is 10.6 Å². The Hall–Kier alpha value is -2.42. The first-order valence-corrected chi connectivity index (χ1v) is 10.8. The van der Waals surface area contributed by atoms with Gasteiger partial charge in [0.2, 0.25) is 5.13 Å². The number of para-hydroxylation sites is 2. The van der Waals surface area contributed by atoms with Gasteiger partial charge in [-0.2, -0.15) is 0 Å². The lowest BCUT2D eigenvalue weighted by molar-refractivity contribution is 0.417. The summed E-state index contributed by atoms with van der Waals surface area (Å²) in [5.74, 6) is 1.60. The van der Waals surface area contributed by atoms with Crippen molar-refractivity contribution < 1.29 is 4.74 Å². The second-order valence-corrected chi connectivity index (χ2v) is 8.80. The number of aromatic nitrogens is 3. The Balaban J connectivity index is 1.38. The Morgan fingerprint density at radius 1 is 1.00 bits per heavy atom. The normalized spacial score (nSPS) is 10.7. The summed E-state index contributed by atoms with van der Waals surface area (Å²) >= 11 is 4.91. The Bertz CT molecular complexity index is 1020. The van der Waals surface area contributed by atoms with Crippen molar-refractivity contribution >= 4 is 45.3 Å². The molecule has 0 saturated carbocycles. The van der Waals surface area contributed by atoms with Crippen LogP contribution in [-0.2, 0) is 5.75 Å². The largest absolute Gasteiger partial charge is 0.495 e. The molecule has 0 aliphatic heterocycles. The molecule has 0 atom stereocenters. The van der Waals surface area contributed by atoms with Crippen LogP contribution >= 0.6 is 34.4 Å². The Morgan fingerprint density at radius 3 is 2.67 bits per heavy atom. The predicted octanol–water partition coefficient (Wildman–Crippen LogP) is 5.71. The average Bonchev–Trinajstić information content (AvgIpc) is 3.37. The number of anilines is 2. The predicted molar refractivity (Wildman–Crippen MR) is 113 cm³/mol. The van der Waals surface area contributed by atoms with Crippen LogP contribution < -0.4 is 10.1 Å². The molecule has 0 fully saturated rings. The molecular formula is C19H16N4OS3. The second kappa shape index (κ2) is 8.51. The molecule has 0 radical (unpaired) electrons. The molecule has 136 valence electrons. The highest BCUT2D eigenvalue weighted by Crippen LogP contribution is 2.34. The molecule has 0 unspecified atom stereocenters. The zero-order chi connectivity index (χ0) is 18.5. The van der Waals surface area contributed by atoms with Gasteiger partial charge in [-0.1, -0.05) is 65.6 Å². The highest BCUT2D eigenvalue weighted by Gasteiger charge is 2.10.